The second-order valence-electron chi connectivity index (χ2n) is 7.67. The number of ether oxygens (including phenoxy) is 1. The maximum atomic E-state index is 5.21. The Bertz CT molecular complexity index is 1260. The molecule has 1 aliphatic rings. The molecular weight excluding hydrogens is 420 g/mol. The fourth-order valence-electron chi connectivity index (χ4n) is 3.47. The summed E-state index contributed by atoms with van der Waals surface area (Å²) in [5.41, 5.74) is 4.05. The van der Waals surface area contributed by atoms with Gasteiger partial charge in [-0.2, -0.15) is 0 Å². The number of anilines is 2. The Labute approximate surface area is 190 Å². The van der Waals surface area contributed by atoms with Crippen molar-refractivity contribution < 1.29 is 4.74 Å². The van der Waals surface area contributed by atoms with E-state index in [4.69, 9.17) is 4.74 Å². The first kappa shape index (κ1) is 20.2. The van der Waals surface area contributed by atoms with E-state index in [0.29, 0.717) is 18.4 Å². The van der Waals surface area contributed by atoms with Crippen molar-refractivity contribution in [2.24, 2.45) is 0 Å². The van der Waals surface area contributed by atoms with Gasteiger partial charge in [0.2, 0.25) is 5.95 Å². The lowest BCUT2D eigenvalue weighted by Gasteiger charge is -2.22. The van der Waals surface area contributed by atoms with E-state index < -0.39 is 0 Å². The first-order valence-corrected chi connectivity index (χ1v) is 11.4. The van der Waals surface area contributed by atoms with E-state index in [1.165, 1.54) is 25.0 Å². The highest BCUT2D eigenvalue weighted by Gasteiger charge is 2.21. The third-order valence-corrected chi connectivity index (χ3v) is 6.28. The van der Waals surface area contributed by atoms with Crippen LogP contribution in [0.2, 0.25) is 0 Å². The molecule has 0 spiro atoms. The van der Waals surface area contributed by atoms with Gasteiger partial charge in [-0.1, -0.05) is 35.6 Å². The molecule has 0 amide bonds. The van der Waals surface area contributed by atoms with Crippen molar-refractivity contribution in [1.82, 2.24) is 25.2 Å². The molecule has 2 aromatic carbocycles. The molecule has 4 aromatic rings. The molecule has 1 aliphatic carbocycles. The lowest BCUT2D eigenvalue weighted by molar-refractivity contribution is 0.412. The highest BCUT2D eigenvalue weighted by atomic mass is 32.1. The Balaban J connectivity index is 1.27. The normalized spacial score (nSPS) is 13.2. The zero-order valence-corrected chi connectivity index (χ0v) is 18.5. The molecule has 1 fully saturated rings. The van der Waals surface area contributed by atoms with Crippen LogP contribution in [0.1, 0.15) is 47.0 Å². The molecule has 32 heavy (non-hydrogen) atoms. The van der Waals surface area contributed by atoms with Crippen LogP contribution in [0.25, 0.3) is 0 Å². The molecule has 0 aliphatic heterocycles. The lowest BCUT2D eigenvalue weighted by Crippen LogP contribution is -2.08. The van der Waals surface area contributed by atoms with E-state index in [0.717, 1.165) is 27.6 Å². The van der Waals surface area contributed by atoms with Gasteiger partial charge in [0.1, 0.15) is 5.75 Å². The summed E-state index contributed by atoms with van der Waals surface area (Å²) in [6, 6.07) is 15.7. The fourth-order valence-corrected chi connectivity index (χ4v) is 4.21. The van der Waals surface area contributed by atoms with E-state index in [2.05, 4.69) is 43.0 Å². The molecule has 5 rings (SSSR count). The molecule has 8 heteroatoms. The van der Waals surface area contributed by atoms with E-state index >= 15 is 0 Å². The van der Waals surface area contributed by atoms with Crippen molar-refractivity contribution in [2.45, 2.75) is 31.7 Å². The van der Waals surface area contributed by atoms with E-state index in [-0.39, 0.29) is 0 Å². The molecule has 160 valence electrons. The molecule has 2 heterocycles. The summed E-state index contributed by atoms with van der Waals surface area (Å²) in [6.07, 6.45) is 3.82. The summed E-state index contributed by atoms with van der Waals surface area (Å²) >= 11 is 1.62. The summed E-state index contributed by atoms with van der Waals surface area (Å²) in [5, 5.41) is 18.3. The fraction of sp³-hybridized carbons (Fsp3) is 0.250. The van der Waals surface area contributed by atoms with Crippen LogP contribution in [0.4, 0.5) is 11.6 Å². The SMILES string of the molecule is COc1ccc(Cn2nnnc2Nc2cccc(C#Cc3nc(C4CCC4)cs3)c2)cc1. The maximum absolute atomic E-state index is 5.21. The van der Waals surface area contributed by atoms with Crippen molar-refractivity contribution in [3.8, 4) is 17.6 Å². The average molecular weight is 443 g/mol. The van der Waals surface area contributed by atoms with Crippen LogP contribution in [-0.2, 0) is 6.54 Å². The highest BCUT2D eigenvalue weighted by molar-refractivity contribution is 7.10. The first-order chi connectivity index (χ1) is 15.8. The summed E-state index contributed by atoms with van der Waals surface area (Å²) in [4.78, 5) is 4.68. The molecule has 1 N–H and O–H groups in total. The van der Waals surface area contributed by atoms with Gasteiger partial charge in [-0.05, 0) is 65.1 Å². The molecule has 7 nitrogen and oxygen atoms in total. The smallest absolute Gasteiger partial charge is 0.247 e. The third-order valence-electron chi connectivity index (χ3n) is 5.50. The second kappa shape index (κ2) is 9.20. The number of rotatable bonds is 6. The second-order valence-corrected chi connectivity index (χ2v) is 8.53. The predicted octanol–water partition coefficient (Wildman–Crippen LogP) is 4.60. The minimum Gasteiger partial charge on any atom is -0.497 e. The van der Waals surface area contributed by atoms with Gasteiger partial charge in [-0.15, -0.1) is 11.3 Å². The van der Waals surface area contributed by atoms with Crippen molar-refractivity contribution in [2.75, 3.05) is 12.4 Å². The van der Waals surface area contributed by atoms with Gasteiger partial charge in [0, 0.05) is 22.5 Å². The standard InChI is InChI=1S/C24H22N6OS/c1-31-21-11-8-18(9-12-21)15-30-24(27-28-29-30)25-20-7-2-4-17(14-20)10-13-23-26-22(16-32-23)19-5-3-6-19/h2,4,7-9,11-12,14,16,19H,3,5-6,15H2,1H3,(H,25,27,29). The Morgan fingerprint density at radius 1 is 1.16 bits per heavy atom. The van der Waals surface area contributed by atoms with Crippen LogP contribution in [0, 0.1) is 11.8 Å². The number of tetrazole rings is 1. The quantitative estimate of drug-likeness (QED) is 0.440. The molecule has 0 saturated heterocycles. The summed E-state index contributed by atoms with van der Waals surface area (Å²) in [5.74, 6) is 8.44. The zero-order chi connectivity index (χ0) is 21.8. The molecule has 0 radical (unpaired) electrons. The summed E-state index contributed by atoms with van der Waals surface area (Å²) < 4.78 is 6.93. The Morgan fingerprint density at radius 2 is 2.03 bits per heavy atom. The van der Waals surface area contributed by atoms with Crippen LogP contribution >= 0.6 is 11.3 Å². The predicted molar refractivity (Wildman–Crippen MR) is 124 cm³/mol. The highest BCUT2D eigenvalue weighted by Crippen LogP contribution is 2.36. The number of methoxy groups -OCH3 is 1. The molecule has 1 saturated carbocycles. The number of nitrogens with one attached hydrogen (secondary N) is 1. The van der Waals surface area contributed by atoms with Crippen LogP contribution in [0.5, 0.6) is 5.75 Å². The maximum Gasteiger partial charge on any atom is 0.247 e. The molecule has 0 bridgehead atoms. The monoisotopic (exact) mass is 442 g/mol. The van der Waals surface area contributed by atoms with Gasteiger partial charge in [0.05, 0.1) is 19.3 Å². The lowest BCUT2D eigenvalue weighted by atomic mass is 9.83. The van der Waals surface area contributed by atoms with Crippen LogP contribution in [0.15, 0.2) is 53.9 Å². The minimum atomic E-state index is 0.548. The topological polar surface area (TPSA) is 77.8 Å². The number of benzene rings is 2. The van der Waals surface area contributed by atoms with Crippen LogP contribution < -0.4 is 10.1 Å². The van der Waals surface area contributed by atoms with Gasteiger partial charge in [-0.3, -0.25) is 0 Å². The Kier molecular flexibility index (Phi) is 5.81. The van der Waals surface area contributed by atoms with Crippen LogP contribution in [0.3, 0.4) is 0 Å². The third kappa shape index (κ3) is 4.63. The first-order valence-electron chi connectivity index (χ1n) is 10.5. The van der Waals surface area contributed by atoms with Gasteiger partial charge in [-0.25, -0.2) is 9.67 Å². The largest absolute Gasteiger partial charge is 0.497 e. The molecular formula is C24H22N6OS. The molecule has 0 unspecified atom stereocenters. The zero-order valence-electron chi connectivity index (χ0n) is 17.7. The number of thiazole rings is 1. The van der Waals surface area contributed by atoms with Gasteiger partial charge in [0.15, 0.2) is 5.01 Å². The average Bonchev–Trinajstić information content (AvgIpc) is 3.42. The number of aromatic nitrogens is 5. The Morgan fingerprint density at radius 3 is 2.81 bits per heavy atom. The van der Waals surface area contributed by atoms with Crippen molar-refractivity contribution in [1.29, 1.82) is 0 Å². The van der Waals surface area contributed by atoms with Crippen molar-refractivity contribution in [3.63, 3.8) is 0 Å². The number of nitrogens with zero attached hydrogens (tertiary/aromatic N) is 5. The Hall–Kier alpha value is -3.70. The number of hydrogen-bond donors (Lipinski definition) is 1. The molecule has 2 aromatic heterocycles. The summed E-state index contributed by atoms with van der Waals surface area (Å²) in [6.45, 7) is 0.548. The van der Waals surface area contributed by atoms with E-state index in [9.17, 15) is 0 Å². The van der Waals surface area contributed by atoms with Crippen molar-refractivity contribution in [3.05, 3.63) is 75.7 Å². The van der Waals surface area contributed by atoms with Gasteiger partial charge >= 0.3 is 0 Å². The summed E-state index contributed by atoms with van der Waals surface area (Å²) in [7, 11) is 1.65. The van der Waals surface area contributed by atoms with E-state index in [1.807, 2.05) is 48.5 Å². The van der Waals surface area contributed by atoms with Gasteiger partial charge in [0.25, 0.3) is 0 Å². The van der Waals surface area contributed by atoms with E-state index in [1.54, 1.807) is 23.1 Å². The van der Waals surface area contributed by atoms with Crippen molar-refractivity contribution >= 4 is 23.0 Å². The minimum absolute atomic E-state index is 0.548. The van der Waals surface area contributed by atoms with Crippen LogP contribution in [-0.4, -0.2) is 32.3 Å². The number of hydrogen-bond acceptors (Lipinski definition) is 7. The molecule has 0 atom stereocenters. The van der Waals surface area contributed by atoms with Gasteiger partial charge < -0.3 is 10.1 Å².